The Bertz CT molecular complexity index is 1460. The summed E-state index contributed by atoms with van der Waals surface area (Å²) < 4.78 is 13.9. The van der Waals surface area contributed by atoms with Gasteiger partial charge in [-0.15, -0.1) is 11.8 Å². The summed E-state index contributed by atoms with van der Waals surface area (Å²) in [5.41, 5.74) is 5.04. The highest BCUT2D eigenvalue weighted by Crippen LogP contribution is 2.35. The molecule has 0 spiro atoms. The van der Waals surface area contributed by atoms with Gasteiger partial charge in [-0.3, -0.25) is 4.21 Å². The van der Waals surface area contributed by atoms with E-state index in [0.717, 1.165) is 26.9 Å². The lowest BCUT2D eigenvalue weighted by molar-refractivity contribution is 0.224. The molecule has 0 aliphatic carbocycles. The van der Waals surface area contributed by atoms with E-state index in [1.165, 1.54) is 17.3 Å². The maximum absolute atomic E-state index is 12.9. The van der Waals surface area contributed by atoms with Crippen molar-refractivity contribution in [2.75, 3.05) is 11.5 Å². The van der Waals surface area contributed by atoms with Gasteiger partial charge in [-0.05, 0) is 46.9 Å². The van der Waals surface area contributed by atoms with Gasteiger partial charge in [0.25, 0.3) is 0 Å². The minimum Gasteiger partial charge on any atom is -0.391 e. The molecule has 0 saturated heterocycles. The van der Waals surface area contributed by atoms with Crippen LogP contribution in [0.1, 0.15) is 31.9 Å². The van der Waals surface area contributed by atoms with E-state index in [1.54, 1.807) is 0 Å². The fraction of sp³-hybridized carbons (Fsp3) is 0.226. The normalized spacial score (nSPS) is 13.1. The second kappa shape index (κ2) is 12.4. The number of hydrogen-bond donors (Lipinski definition) is 1. The Hall–Kier alpha value is -2.76. The molecule has 4 nitrogen and oxygen atoms in total. The molecule has 2 atom stereocenters. The van der Waals surface area contributed by atoms with Crippen LogP contribution in [0.2, 0.25) is 0 Å². The molecule has 0 fully saturated rings. The molecular formula is C31H29BrN2O2S2. The Morgan fingerprint density at radius 2 is 1.66 bits per heavy atom. The number of halogens is 1. The van der Waals surface area contributed by atoms with E-state index in [1.807, 2.05) is 84.9 Å². The van der Waals surface area contributed by atoms with Gasteiger partial charge in [-0.25, -0.2) is 4.98 Å². The third-order valence-corrected chi connectivity index (χ3v) is 9.20. The summed E-state index contributed by atoms with van der Waals surface area (Å²) in [7, 11) is -1.34. The molecule has 0 radical (unpaired) electrons. The topological polar surface area (TPSA) is 74.0 Å². The van der Waals surface area contributed by atoms with Gasteiger partial charge in [-0.1, -0.05) is 91.3 Å². The number of aliphatic hydroxyl groups excluding tert-OH is 1. The van der Waals surface area contributed by atoms with Gasteiger partial charge in [0.05, 0.1) is 33.9 Å². The molecule has 38 heavy (non-hydrogen) atoms. The second-order valence-electron chi connectivity index (χ2n) is 9.97. The molecule has 0 aliphatic heterocycles. The lowest BCUT2D eigenvalue weighted by Gasteiger charge is -2.19. The van der Waals surface area contributed by atoms with Gasteiger partial charge < -0.3 is 5.11 Å². The van der Waals surface area contributed by atoms with Gasteiger partial charge in [0, 0.05) is 26.2 Å². The maximum Gasteiger partial charge on any atom is 0.115 e. The van der Waals surface area contributed by atoms with Crippen LogP contribution in [0.3, 0.4) is 0 Å². The summed E-state index contributed by atoms with van der Waals surface area (Å²) in [4.78, 5) is 5.51. The van der Waals surface area contributed by atoms with Crippen LogP contribution in [-0.2, 0) is 16.2 Å². The SMILES string of the molecule is CC(C)(C)c1ccc(S(=O)CC(O)CSc2nc(-c3ccc(Br)cc3)cc(-c3ccccc3)c2C#N)cc1. The molecule has 1 N–H and O–H groups in total. The number of aliphatic hydroxyl groups is 1. The molecule has 2 unspecified atom stereocenters. The average Bonchev–Trinajstić information content (AvgIpc) is 2.91. The number of aromatic nitrogens is 1. The van der Waals surface area contributed by atoms with Crippen molar-refractivity contribution in [3.8, 4) is 28.5 Å². The molecular weight excluding hydrogens is 576 g/mol. The lowest BCUT2D eigenvalue weighted by atomic mass is 9.87. The first-order valence-corrected chi connectivity index (χ1v) is 15.3. The highest BCUT2D eigenvalue weighted by atomic mass is 79.9. The van der Waals surface area contributed by atoms with Crippen molar-refractivity contribution in [3.63, 3.8) is 0 Å². The average molecular weight is 606 g/mol. The number of nitriles is 1. The van der Waals surface area contributed by atoms with Crippen molar-refractivity contribution < 1.29 is 9.32 Å². The monoisotopic (exact) mass is 604 g/mol. The summed E-state index contributed by atoms with van der Waals surface area (Å²) in [6.07, 6.45) is -0.826. The molecule has 3 aromatic carbocycles. The number of pyridine rings is 1. The summed E-state index contributed by atoms with van der Waals surface area (Å²) in [6, 6.07) is 29.6. The van der Waals surface area contributed by atoms with E-state index in [4.69, 9.17) is 4.98 Å². The molecule has 4 aromatic rings. The van der Waals surface area contributed by atoms with E-state index in [9.17, 15) is 14.6 Å². The van der Waals surface area contributed by atoms with Crippen molar-refractivity contribution in [2.45, 2.75) is 42.2 Å². The molecule has 0 saturated carbocycles. The second-order valence-corrected chi connectivity index (χ2v) is 13.4. The van der Waals surface area contributed by atoms with E-state index in [2.05, 4.69) is 42.8 Å². The largest absolute Gasteiger partial charge is 0.391 e. The third-order valence-electron chi connectivity index (χ3n) is 6.06. The molecule has 194 valence electrons. The quantitative estimate of drug-likeness (QED) is 0.209. The fourth-order valence-corrected chi connectivity index (χ4v) is 6.39. The number of rotatable bonds is 8. The zero-order valence-electron chi connectivity index (χ0n) is 21.5. The van der Waals surface area contributed by atoms with E-state index in [0.29, 0.717) is 15.5 Å². The Morgan fingerprint density at radius 3 is 2.26 bits per heavy atom. The van der Waals surface area contributed by atoms with E-state index in [-0.39, 0.29) is 16.9 Å². The van der Waals surface area contributed by atoms with Crippen molar-refractivity contribution in [3.05, 3.63) is 101 Å². The van der Waals surface area contributed by atoms with Crippen LogP contribution in [0.5, 0.6) is 0 Å². The third kappa shape index (κ3) is 7.00. The Labute approximate surface area is 239 Å². The Balaban J connectivity index is 1.57. The smallest absolute Gasteiger partial charge is 0.115 e. The Kier molecular flexibility index (Phi) is 9.22. The summed E-state index contributed by atoms with van der Waals surface area (Å²) >= 11 is 4.79. The molecule has 0 bridgehead atoms. The number of benzene rings is 3. The van der Waals surface area contributed by atoms with Gasteiger partial charge in [0.1, 0.15) is 11.1 Å². The zero-order valence-corrected chi connectivity index (χ0v) is 24.7. The van der Waals surface area contributed by atoms with Crippen LogP contribution in [0, 0.1) is 11.3 Å². The maximum atomic E-state index is 12.9. The van der Waals surface area contributed by atoms with Crippen LogP contribution in [0.4, 0.5) is 0 Å². The van der Waals surface area contributed by atoms with Crippen molar-refractivity contribution >= 4 is 38.5 Å². The molecule has 0 aliphatic rings. The van der Waals surface area contributed by atoms with Crippen LogP contribution in [0.15, 0.2) is 99.3 Å². The predicted molar refractivity (Wildman–Crippen MR) is 161 cm³/mol. The van der Waals surface area contributed by atoms with Crippen molar-refractivity contribution in [1.82, 2.24) is 4.98 Å². The van der Waals surface area contributed by atoms with E-state index >= 15 is 0 Å². The minimum atomic E-state index is -1.34. The minimum absolute atomic E-state index is 0.0189. The van der Waals surface area contributed by atoms with Gasteiger partial charge in [0.15, 0.2) is 0 Å². The van der Waals surface area contributed by atoms with Gasteiger partial charge >= 0.3 is 0 Å². The number of thioether (sulfide) groups is 1. The molecule has 4 rings (SSSR count). The van der Waals surface area contributed by atoms with Crippen LogP contribution in [-0.4, -0.2) is 31.9 Å². The number of nitrogens with zero attached hydrogens (tertiary/aromatic N) is 2. The molecule has 7 heteroatoms. The van der Waals surface area contributed by atoms with Crippen LogP contribution < -0.4 is 0 Å². The summed E-state index contributed by atoms with van der Waals surface area (Å²) in [5, 5.41) is 21.4. The highest BCUT2D eigenvalue weighted by molar-refractivity contribution is 9.10. The summed E-state index contributed by atoms with van der Waals surface area (Å²) in [6.45, 7) is 6.41. The standard InChI is InChI=1S/C31H29BrN2O2S2/c1-31(2,3)23-11-15-26(16-12-23)38(36)20-25(35)19-37-30-28(18-33)27(21-7-5-4-6-8-21)17-29(34-30)22-9-13-24(32)14-10-22/h4-17,25,35H,19-20H2,1-3H3. The zero-order chi connectivity index (χ0) is 27.3. The van der Waals surface area contributed by atoms with Crippen molar-refractivity contribution in [2.24, 2.45) is 0 Å². The molecule has 0 amide bonds. The number of hydrogen-bond acceptors (Lipinski definition) is 5. The lowest BCUT2D eigenvalue weighted by Crippen LogP contribution is -2.20. The van der Waals surface area contributed by atoms with Gasteiger partial charge in [0.2, 0.25) is 0 Å². The first-order chi connectivity index (χ1) is 18.2. The van der Waals surface area contributed by atoms with Crippen molar-refractivity contribution in [1.29, 1.82) is 5.26 Å². The molecule has 1 aromatic heterocycles. The first kappa shape index (κ1) is 28.3. The molecule has 1 heterocycles. The van der Waals surface area contributed by atoms with Crippen LogP contribution in [0.25, 0.3) is 22.4 Å². The van der Waals surface area contributed by atoms with Crippen LogP contribution >= 0.6 is 27.7 Å². The Morgan fingerprint density at radius 1 is 1.00 bits per heavy atom. The predicted octanol–water partition coefficient (Wildman–Crippen LogP) is 7.61. The first-order valence-electron chi connectivity index (χ1n) is 12.2. The van der Waals surface area contributed by atoms with Gasteiger partial charge in [-0.2, -0.15) is 5.26 Å². The van der Waals surface area contributed by atoms with E-state index < -0.39 is 16.9 Å². The summed E-state index contributed by atoms with van der Waals surface area (Å²) in [5.74, 6) is 0.382. The fourth-order valence-electron chi connectivity index (χ4n) is 3.95. The highest BCUT2D eigenvalue weighted by Gasteiger charge is 2.19.